The SMILES string of the molecule is Cc1cc(C2CC(C(=O)NCCN(C)C)CN(C(=O)NCc3ccccc3)C2)ccc1F. The Morgan fingerprint density at radius 2 is 1.84 bits per heavy atom. The molecule has 2 atom stereocenters. The highest BCUT2D eigenvalue weighted by Gasteiger charge is 2.34. The minimum absolute atomic E-state index is 0.0323. The normalized spacial score (nSPS) is 18.5. The van der Waals surface area contributed by atoms with Gasteiger partial charge in [0, 0.05) is 38.6 Å². The fraction of sp³-hybridized carbons (Fsp3) is 0.440. The number of aryl methyl sites for hydroxylation is 1. The molecular weight excluding hydrogens is 407 g/mol. The van der Waals surface area contributed by atoms with E-state index in [1.54, 1.807) is 17.9 Å². The Morgan fingerprint density at radius 3 is 2.53 bits per heavy atom. The summed E-state index contributed by atoms with van der Waals surface area (Å²) in [6.07, 6.45) is 0.626. The molecule has 1 aliphatic rings. The van der Waals surface area contributed by atoms with E-state index in [4.69, 9.17) is 0 Å². The summed E-state index contributed by atoms with van der Waals surface area (Å²) in [5, 5.41) is 5.96. The van der Waals surface area contributed by atoms with Crippen molar-refractivity contribution in [2.75, 3.05) is 40.3 Å². The van der Waals surface area contributed by atoms with Crippen LogP contribution in [0.2, 0.25) is 0 Å². The molecule has 0 aliphatic carbocycles. The van der Waals surface area contributed by atoms with Crippen LogP contribution < -0.4 is 10.6 Å². The molecule has 0 aromatic heterocycles. The number of rotatable bonds is 7. The van der Waals surface area contributed by atoms with E-state index in [0.717, 1.165) is 17.7 Å². The van der Waals surface area contributed by atoms with Crippen molar-refractivity contribution in [2.45, 2.75) is 25.8 Å². The number of piperidine rings is 1. The second kappa shape index (κ2) is 11.1. The number of nitrogens with one attached hydrogen (secondary N) is 2. The summed E-state index contributed by atoms with van der Waals surface area (Å²) in [7, 11) is 3.91. The molecule has 2 aromatic carbocycles. The van der Waals surface area contributed by atoms with E-state index >= 15 is 0 Å². The number of likely N-dealkylation sites (N-methyl/N-ethyl adjacent to an activating group) is 1. The van der Waals surface area contributed by atoms with Crippen LogP contribution in [-0.4, -0.2) is 62.0 Å². The largest absolute Gasteiger partial charge is 0.355 e. The van der Waals surface area contributed by atoms with Crippen molar-refractivity contribution >= 4 is 11.9 Å². The maximum Gasteiger partial charge on any atom is 0.317 e. The highest BCUT2D eigenvalue weighted by Crippen LogP contribution is 2.31. The van der Waals surface area contributed by atoms with Crippen molar-refractivity contribution < 1.29 is 14.0 Å². The Bertz CT molecular complexity index is 919. The number of carbonyl (C=O) groups is 2. The quantitative estimate of drug-likeness (QED) is 0.695. The van der Waals surface area contributed by atoms with Gasteiger partial charge in [-0.15, -0.1) is 0 Å². The lowest BCUT2D eigenvalue weighted by atomic mass is 9.83. The molecule has 6 nitrogen and oxygen atoms in total. The zero-order valence-electron chi connectivity index (χ0n) is 19.1. The Labute approximate surface area is 189 Å². The lowest BCUT2D eigenvalue weighted by molar-refractivity contribution is -0.126. The Hall–Kier alpha value is -2.93. The summed E-state index contributed by atoms with van der Waals surface area (Å²) in [6, 6.07) is 14.6. The molecule has 1 aliphatic heterocycles. The van der Waals surface area contributed by atoms with Gasteiger partial charge in [0.25, 0.3) is 0 Å². The summed E-state index contributed by atoms with van der Waals surface area (Å²) in [4.78, 5) is 29.6. The topological polar surface area (TPSA) is 64.7 Å². The number of carbonyl (C=O) groups excluding carboxylic acids is 2. The smallest absolute Gasteiger partial charge is 0.317 e. The van der Waals surface area contributed by atoms with Crippen LogP contribution in [0, 0.1) is 18.7 Å². The molecule has 3 rings (SSSR count). The van der Waals surface area contributed by atoms with Crippen LogP contribution >= 0.6 is 0 Å². The number of hydrogen-bond acceptors (Lipinski definition) is 3. The number of halogens is 1. The van der Waals surface area contributed by atoms with E-state index < -0.39 is 0 Å². The summed E-state index contributed by atoms with van der Waals surface area (Å²) in [5.74, 6) is -0.643. The fourth-order valence-corrected chi connectivity index (χ4v) is 4.05. The van der Waals surface area contributed by atoms with Crippen LogP contribution in [0.5, 0.6) is 0 Å². The van der Waals surface area contributed by atoms with Gasteiger partial charge in [0.15, 0.2) is 0 Å². The maximum atomic E-state index is 13.8. The van der Waals surface area contributed by atoms with Crippen LogP contribution in [0.4, 0.5) is 9.18 Å². The predicted octanol–water partition coefficient (Wildman–Crippen LogP) is 3.13. The molecule has 0 spiro atoms. The third kappa shape index (κ3) is 6.53. The van der Waals surface area contributed by atoms with E-state index in [9.17, 15) is 14.0 Å². The zero-order chi connectivity index (χ0) is 23.1. The van der Waals surface area contributed by atoms with E-state index in [-0.39, 0.29) is 29.6 Å². The summed E-state index contributed by atoms with van der Waals surface area (Å²) < 4.78 is 13.8. The minimum Gasteiger partial charge on any atom is -0.355 e. The minimum atomic E-state index is -0.316. The van der Waals surface area contributed by atoms with Crippen LogP contribution in [0.3, 0.4) is 0 Å². The van der Waals surface area contributed by atoms with Gasteiger partial charge < -0.3 is 20.4 Å². The Morgan fingerprint density at radius 1 is 1.09 bits per heavy atom. The predicted molar refractivity (Wildman–Crippen MR) is 124 cm³/mol. The molecular formula is C25H33FN4O2. The van der Waals surface area contributed by atoms with Gasteiger partial charge in [-0.05, 0) is 50.2 Å². The maximum absolute atomic E-state index is 13.8. The third-order valence-corrected chi connectivity index (χ3v) is 5.91. The second-order valence-corrected chi connectivity index (χ2v) is 8.78. The molecule has 1 fully saturated rings. The van der Waals surface area contributed by atoms with Gasteiger partial charge >= 0.3 is 6.03 Å². The Kier molecular flexibility index (Phi) is 8.22. The first-order valence-corrected chi connectivity index (χ1v) is 11.1. The fourth-order valence-electron chi connectivity index (χ4n) is 4.05. The summed E-state index contributed by atoms with van der Waals surface area (Å²) in [5.41, 5.74) is 2.54. The average molecular weight is 441 g/mol. The van der Waals surface area contributed by atoms with Crippen LogP contribution in [0.15, 0.2) is 48.5 Å². The molecule has 3 amide bonds. The van der Waals surface area contributed by atoms with E-state index in [1.807, 2.05) is 55.4 Å². The molecule has 2 aromatic rings. The second-order valence-electron chi connectivity index (χ2n) is 8.78. The van der Waals surface area contributed by atoms with Crippen LogP contribution in [0.25, 0.3) is 0 Å². The van der Waals surface area contributed by atoms with Crippen molar-refractivity contribution in [3.63, 3.8) is 0 Å². The van der Waals surface area contributed by atoms with E-state index in [1.165, 1.54) is 6.07 Å². The summed E-state index contributed by atoms with van der Waals surface area (Å²) in [6.45, 7) is 4.33. The van der Waals surface area contributed by atoms with Crippen molar-refractivity contribution in [3.8, 4) is 0 Å². The Balaban J connectivity index is 1.72. The molecule has 0 radical (unpaired) electrons. The molecule has 7 heteroatoms. The molecule has 0 saturated carbocycles. The average Bonchev–Trinajstić information content (AvgIpc) is 2.79. The molecule has 172 valence electrons. The lowest BCUT2D eigenvalue weighted by Gasteiger charge is -2.37. The van der Waals surface area contributed by atoms with E-state index in [0.29, 0.717) is 38.2 Å². The number of benzene rings is 2. The highest BCUT2D eigenvalue weighted by atomic mass is 19.1. The van der Waals surface area contributed by atoms with Crippen molar-refractivity contribution in [2.24, 2.45) is 5.92 Å². The van der Waals surface area contributed by atoms with Crippen LogP contribution in [0.1, 0.15) is 29.0 Å². The zero-order valence-corrected chi connectivity index (χ0v) is 19.1. The van der Waals surface area contributed by atoms with Crippen LogP contribution in [-0.2, 0) is 11.3 Å². The van der Waals surface area contributed by atoms with Gasteiger partial charge in [-0.3, -0.25) is 4.79 Å². The molecule has 1 heterocycles. The van der Waals surface area contributed by atoms with Gasteiger partial charge in [0.1, 0.15) is 5.82 Å². The highest BCUT2D eigenvalue weighted by molar-refractivity contribution is 5.81. The number of likely N-dealkylation sites (tertiary alicyclic amines) is 1. The van der Waals surface area contributed by atoms with Gasteiger partial charge in [-0.1, -0.05) is 42.5 Å². The molecule has 2 N–H and O–H groups in total. The van der Waals surface area contributed by atoms with Gasteiger partial charge in [-0.2, -0.15) is 0 Å². The first-order valence-electron chi connectivity index (χ1n) is 11.1. The summed E-state index contributed by atoms with van der Waals surface area (Å²) >= 11 is 0. The van der Waals surface area contributed by atoms with E-state index in [2.05, 4.69) is 10.6 Å². The first kappa shape index (κ1) is 23.7. The number of hydrogen-bond donors (Lipinski definition) is 2. The van der Waals surface area contributed by atoms with Gasteiger partial charge in [-0.25, -0.2) is 9.18 Å². The van der Waals surface area contributed by atoms with Gasteiger partial charge in [0.2, 0.25) is 5.91 Å². The number of urea groups is 1. The lowest BCUT2D eigenvalue weighted by Crippen LogP contribution is -2.51. The number of amides is 3. The molecule has 1 saturated heterocycles. The van der Waals surface area contributed by atoms with Crippen molar-refractivity contribution in [3.05, 3.63) is 71.0 Å². The third-order valence-electron chi connectivity index (χ3n) is 5.91. The molecule has 0 bridgehead atoms. The van der Waals surface area contributed by atoms with Gasteiger partial charge in [0.05, 0.1) is 5.92 Å². The standard InChI is InChI=1S/C25H33FN4O2/c1-18-13-20(9-10-23(18)26)21-14-22(24(31)27-11-12-29(2)3)17-30(16-21)25(32)28-15-19-7-5-4-6-8-19/h4-10,13,21-22H,11-12,14-17H2,1-3H3,(H,27,31)(H,28,32). The first-order chi connectivity index (χ1) is 15.3. The molecule has 2 unspecified atom stereocenters. The van der Waals surface area contributed by atoms with Crippen molar-refractivity contribution in [1.29, 1.82) is 0 Å². The molecule has 32 heavy (non-hydrogen) atoms. The number of nitrogens with zero attached hydrogens (tertiary/aromatic N) is 2. The van der Waals surface area contributed by atoms with Crippen molar-refractivity contribution in [1.82, 2.24) is 20.4 Å². The monoisotopic (exact) mass is 440 g/mol.